The van der Waals surface area contributed by atoms with Gasteiger partial charge in [0.05, 0.1) is 19.2 Å². The molecule has 2 aromatic rings. The Balaban J connectivity index is 1.57. The van der Waals surface area contributed by atoms with E-state index in [0.29, 0.717) is 6.54 Å². The van der Waals surface area contributed by atoms with E-state index in [-0.39, 0.29) is 6.42 Å². The SMILES string of the molecule is O=C(O)CCn1cc(CN2CCc3sccc3C2)cn1. The van der Waals surface area contributed by atoms with E-state index in [0.717, 1.165) is 31.6 Å². The number of nitrogens with zero attached hydrogens (tertiary/aromatic N) is 3. The topological polar surface area (TPSA) is 58.4 Å². The largest absolute Gasteiger partial charge is 0.481 e. The summed E-state index contributed by atoms with van der Waals surface area (Å²) in [6.45, 7) is 3.39. The molecule has 20 heavy (non-hydrogen) atoms. The molecule has 2 aromatic heterocycles. The van der Waals surface area contributed by atoms with Gasteiger partial charge in [-0.2, -0.15) is 5.10 Å². The molecule has 5 nitrogen and oxygen atoms in total. The van der Waals surface area contributed by atoms with Crippen molar-refractivity contribution in [3.05, 3.63) is 39.8 Å². The van der Waals surface area contributed by atoms with Gasteiger partial charge in [-0.05, 0) is 23.4 Å². The summed E-state index contributed by atoms with van der Waals surface area (Å²) in [5.74, 6) is -0.789. The minimum Gasteiger partial charge on any atom is -0.481 e. The molecule has 0 unspecified atom stereocenters. The lowest BCUT2D eigenvalue weighted by molar-refractivity contribution is -0.137. The van der Waals surface area contributed by atoms with Crippen LogP contribution in [0.2, 0.25) is 0 Å². The number of aromatic nitrogens is 2. The van der Waals surface area contributed by atoms with Crippen molar-refractivity contribution < 1.29 is 9.90 Å². The smallest absolute Gasteiger partial charge is 0.305 e. The number of hydrogen-bond donors (Lipinski definition) is 1. The van der Waals surface area contributed by atoms with Crippen LogP contribution < -0.4 is 0 Å². The highest BCUT2D eigenvalue weighted by atomic mass is 32.1. The summed E-state index contributed by atoms with van der Waals surface area (Å²) >= 11 is 1.85. The first kappa shape index (κ1) is 13.3. The standard InChI is InChI=1S/C14H17N3O2S/c18-14(19)2-5-17-9-11(7-15-17)8-16-4-1-13-12(10-16)3-6-20-13/h3,6-7,9H,1-2,4-5,8,10H2,(H,18,19). The Labute approximate surface area is 121 Å². The summed E-state index contributed by atoms with van der Waals surface area (Å²) in [5, 5.41) is 15.0. The van der Waals surface area contributed by atoms with E-state index in [4.69, 9.17) is 5.11 Å². The van der Waals surface area contributed by atoms with Crippen molar-refractivity contribution in [3.8, 4) is 0 Å². The second-order valence-electron chi connectivity index (χ2n) is 5.09. The van der Waals surface area contributed by atoms with Crippen molar-refractivity contribution >= 4 is 17.3 Å². The highest BCUT2D eigenvalue weighted by molar-refractivity contribution is 7.10. The quantitative estimate of drug-likeness (QED) is 0.915. The van der Waals surface area contributed by atoms with Crippen LogP contribution in [0.5, 0.6) is 0 Å². The van der Waals surface area contributed by atoms with Gasteiger partial charge in [0.1, 0.15) is 0 Å². The molecular weight excluding hydrogens is 274 g/mol. The predicted octanol–water partition coefficient (Wildman–Crippen LogP) is 1.98. The predicted molar refractivity (Wildman–Crippen MR) is 76.6 cm³/mol. The van der Waals surface area contributed by atoms with Gasteiger partial charge in [-0.1, -0.05) is 0 Å². The van der Waals surface area contributed by atoms with E-state index in [1.165, 1.54) is 10.4 Å². The Morgan fingerprint density at radius 3 is 3.25 bits per heavy atom. The molecule has 0 saturated heterocycles. The molecule has 0 radical (unpaired) electrons. The summed E-state index contributed by atoms with van der Waals surface area (Å²) in [5.41, 5.74) is 2.59. The number of thiophene rings is 1. The van der Waals surface area contributed by atoms with E-state index < -0.39 is 5.97 Å². The molecular formula is C14H17N3O2S. The van der Waals surface area contributed by atoms with Crippen molar-refractivity contribution in [2.45, 2.75) is 32.5 Å². The molecule has 1 aliphatic rings. The average molecular weight is 291 g/mol. The summed E-state index contributed by atoms with van der Waals surface area (Å²) in [6, 6.07) is 2.21. The van der Waals surface area contributed by atoms with Gasteiger partial charge < -0.3 is 5.11 Å². The molecule has 1 N–H and O–H groups in total. The molecule has 6 heteroatoms. The molecule has 0 bridgehead atoms. The molecule has 3 rings (SSSR count). The number of fused-ring (bicyclic) bond motifs is 1. The third-order valence-corrected chi connectivity index (χ3v) is 4.56. The van der Waals surface area contributed by atoms with E-state index in [1.54, 1.807) is 4.68 Å². The second kappa shape index (κ2) is 5.76. The number of hydrogen-bond acceptors (Lipinski definition) is 4. The van der Waals surface area contributed by atoms with Crippen LogP contribution in [0.15, 0.2) is 23.8 Å². The van der Waals surface area contributed by atoms with Gasteiger partial charge in [-0.15, -0.1) is 11.3 Å². The molecule has 0 aromatic carbocycles. The minimum atomic E-state index is -0.789. The average Bonchev–Trinajstić information content (AvgIpc) is 3.04. The van der Waals surface area contributed by atoms with Crippen LogP contribution in [0.25, 0.3) is 0 Å². The second-order valence-corrected chi connectivity index (χ2v) is 6.09. The number of aryl methyl sites for hydroxylation is 1. The Hall–Kier alpha value is -1.66. The summed E-state index contributed by atoms with van der Waals surface area (Å²) in [6.07, 6.45) is 5.03. The van der Waals surface area contributed by atoms with Gasteiger partial charge in [0, 0.05) is 36.3 Å². The van der Waals surface area contributed by atoms with Crippen LogP contribution in [0, 0.1) is 0 Å². The van der Waals surface area contributed by atoms with E-state index in [2.05, 4.69) is 21.4 Å². The van der Waals surface area contributed by atoms with Crippen molar-refractivity contribution in [1.29, 1.82) is 0 Å². The van der Waals surface area contributed by atoms with Gasteiger partial charge in [0.15, 0.2) is 0 Å². The Bertz CT molecular complexity index is 605. The van der Waals surface area contributed by atoms with E-state index >= 15 is 0 Å². The fraction of sp³-hybridized carbons (Fsp3) is 0.429. The minimum absolute atomic E-state index is 0.114. The highest BCUT2D eigenvalue weighted by Crippen LogP contribution is 2.24. The highest BCUT2D eigenvalue weighted by Gasteiger charge is 2.17. The van der Waals surface area contributed by atoms with Crippen molar-refractivity contribution in [2.75, 3.05) is 6.54 Å². The zero-order valence-electron chi connectivity index (χ0n) is 11.2. The summed E-state index contributed by atoms with van der Waals surface area (Å²) < 4.78 is 1.71. The number of carboxylic acids is 1. The summed E-state index contributed by atoms with van der Waals surface area (Å²) in [7, 11) is 0. The molecule has 0 fully saturated rings. The fourth-order valence-corrected chi connectivity index (χ4v) is 3.41. The summed E-state index contributed by atoms with van der Waals surface area (Å²) in [4.78, 5) is 14.5. The monoisotopic (exact) mass is 291 g/mol. The fourth-order valence-electron chi connectivity index (χ4n) is 2.52. The number of carboxylic acid groups (broad SMARTS) is 1. The Morgan fingerprint density at radius 1 is 1.50 bits per heavy atom. The van der Waals surface area contributed by atoms with Crippen molar-refractivity contribution in [1.82, 2.24) is 14.7 Å². The van der Waals surface area contributed by atoms with E-state index in [9.17, 15) is 4.79 Å². The number of aliphatic carboxylic acids is 1. The molecule has 106 valence electrons. The third-order valence-electron chi connectivity index (χ3n) is 3.53. The van der Waals surface area contributed by atoms with Crippen molar-refractivity contribution in [3.63, 3.8) is 0 Å². The zero-order chi connectivity index (χ0) is 13.9. The maximum absolute atomic E-state index is 10.5. The number of rotatable bonds is 5. The van der Waals surface area contributed by atoms with Crippen LogP contribution in [-0.2, 0) is 30.8 Å². The lowest BCUT2D eigenvalue weighted by Crippen LogP contribution is -2.28. The maximum atomic E-state index is 10.5. The third kappa shape index (κ3) is 3.08. The first-order valence-electron chi connectivity index (χ1n) is 6.71. The van der Waals surface area contributed by atoms with Gasteiger partial charge in [0.25, 0.3) is 0 Å². The molecule has 0 amide bonds. The van der Waals surface area contributed by atoms with E-state index in [1.807, 2.05) is 23.7 Å². The molecule has 1 aliphatic heterocycles. The molecule has 0 atom stereocenters. The van der Waals surface area contributed by atoms with Crippen LogP contribution in [0.1, 0.15) is 22.4 Å². The first-order valence-corrected chi connectivity index (χ1v) is 7.59. The van der Waals surface area contributed by atoms with Gasteiger partial charge >= 0.3 is 5.97 Å². The maximum Gasteiger partial charge on any atom is 0.305 e. The molecule has 3 heterocycles. The zero-order valence-corrected chi connectivity index (χ0v) is 12.0. The van der Waals surface area contributed by atoms with Crippen molar-refractivity contribution in [2.24, 2.45) is 0 Å². The Morgan fingerprint density at radius 2 is 2.40 bits per heavy atom. The van der Waals surface area contributed by atoms with Crippen LogP contribution in [0.4, 0.5) is 0 Å². The molecule has 0 spiro atoms. The van der Waals surface area contributed by atoms with Crippen LogP contribution >= 0.6 is 11.3 Å². The molecule has 0 aliphatic carbocycles. The van der Waals surface area contributed by atoms with Gasteiger partial charge in [-0.25, -0.2) is 0 Å². The van der Waals surface area contributed by atoms with Gasteiger partial charge in [-0.3, -0.25) is 14.4 Å². The lowest BCUT2D eigenvalue weighted by atomic mass is 10.1. The normalized spacial score (nSPS) is 15.2. The van der Waals surface area contributed by atoms with Crippen LogP contribution in [-0.4, -0.2) is 32.3 Å². The number of carbonyl (C=O) groups is 1. The molecule has 0 saturated carbocycles. The van der Waals surface area contributed by atoms with Gasteiger partial charge in [0.2, 0.25) is 0 Å². The van der Waals surface area contributed by atoms with Crippen LogP contribution in [0.3, 0.4) is 0 Å². The first-order chi connectivity index (χ1) is 9.70. The Kier molecular flexibility index (Phi) is 3.84. The lowest BCUT2D eigenvalue weighted by Gasteiger charge is -2.26.